The minimum atomic E-state index is -0.114. The van der Waals surface area contributed by atoms with E-state index in [9.17, 15) is 0 Å². The number of guanidine groups is 2. The van der Waals surface area contributed by atoms with Crippen LogP contribution in [0.25, 0.3) is 0 Å². The second kappa shape index (κ2) is 4.52. The van der Waals surface area contributed by atoms with Crippen LogP contribution in [0.3, 0.4) is 0 Å². The standard InChI is InChI=1S/C8H11N5S/c9-7(10)13-8(11)12-5-1-3-6(14)4-2-5/h1-4,14H,(H6,9,10,11,12,13). The normalized spacial score (nSPS) is 11.1. The lowest BCUT2D eigenvalue weighted by molar-refractivity contribution is 1.36. The first kappa shape index (κ1) is 10.4. The summed E-state index contributed by atoms with van der Waals surface area (Å²) >= 11 is 4.13. The van der Waals surface area contributed by atoms with E-state index in [2.05, 4.69) is 22.6 Å². The smallest absolute Gasteiger partial charge is 0.223 e. The summed E-state index contributed by atoms with van der Waals surface area (Å²) in [6, 6.07) is 7.12. The average molecular weight is 209 g/mol. The van der Waals surface area contributed by atoms with Crippen LogP contribution in [-0.4, -0.2) is 11.9 Å². The predicted molar refractivity (Wildman–Crippen MR) is 60.8 cm³/mol. The van der Waals surface area contributed by atoms with E-state index in [4.69, 9.17) is 17.2 Å². The molecule has 0 aromatic heterocycles. The van der Waals surface area contributed by atoms with Gasteiger partial charge in [-0.1, -0.05) is 0 Å². The lowest BCUT2D eigenvalue weighted by Crippen LogP contribution is -2.26. The van der Waals surface area contributed by atoms with Gasteiger partial charge in [0.25, 0.3) is 0 Å². The Labute approximate surface area is 87.1 Å². The van der Waals surface area contributed by atoms with Crippen molar-refractivity contribution in [2.24, 2.45) is 27.2 Å². The average Bonchev–Trinajstić information content (AvgIpc) is 2.07. The number of thiol groups is 1. The fourth-order valence-corrected chi connectivity index (χ4v) is 0.966. The minimum absolute atomic E-state index is 0.0249. The largest absolute Gasteiger partial charge is 0.370 e. The van der Waals surface area contributed by atoms with Gasteiger partial charge in [-0.25, -0.2) is 4.99 Å². The summed E-state index contributed by atoms with van der Waals surface area (Å²) in [5.74, 6) is -0.0889. The van der Waals surface area contributed by atoms with E-state index in [0.29, 0.717) is 5.69 Å². The second-order valence-electron chi connectivity index (χ2n) is 2.52. The minimum Gasteiger partial charge on any atom is -0.370 e. The third-order valence-electron chi connectivity index (χ3n) is 1.34. The maximum absolute atomic E-state index is 5.43. The van der Waals surface area contributed by atoms with Crippen LogP contribution < -0.4 is 17.2 Å². The van der Waals surface area contributed by atoms with E-state index in [1.165, 1.54) is 0 Å². The molecule has 1 rings (SSSR count). The van der Waals surface area contributed by atoms with Crippen molar-refractivity contribution >= 4 is 30.2 Å². The SMILES string of the molecule is NC(N)=NC(N)=Nc1ccc(S)cc1. The van der Waals surface area contributed by atoms with Gasteiger partial charge < -0.3 is 17.2 Å². The molecule has 0 bridgehead atoms. The number of nitrogens with zero attached hydrogens (tertiary/aromatic N) is 2. The molecule has 0 aliphatic heterocycles. The number of aliphatic imine (C=N–C) groups is 2. The van der Waals surface area contributed by atoms with Gasteiger partial charge in [-0.3, -0.25) is 0 Å². The molecule has 0 spiro atoms. The zero-order valence-electron chi connectivity index (χ0n) is 7.38. The van der Waals surface area contributed by atoms with Crippen molar-refractivity contribution in [3.05, 3.63) is 24.3 Å². The van der Waals surface area contributed by atoms with Gasteiger partial charge in [-0.15, -0.1) is 12.6 Å². The van der Waals surface area contributed by atoms with Gasteiger partial charge in [0.15, 0.2) is 5.96 Å². The lowest BCUT2D eigenvalue weighted by atomic mass is 10.3. The summed E-state index contributed by atoms with van der Waals surface area (Å²) in [6.07, 6.45) is 0. The predicted octanol–water partition coefficient (Wildman–Crippen LogP) is 0.195. The Morgan fingerprint density at radius 3 is 2.14 bits per heavy atom. The van der Waals surface area contributed by atoms with Crippen molar-refractivity contribution in [3.63, 3.8) is 0 Å². The quantitative estimate of drug-likeness (QED) is 0.301. The monoisotopic (exact) mass is 209 g/mol. The number of benzene rings is 1. The van der Waals surface area contributed by atoms with Gasteiger partial charge in [0.2, 0.25) is 5.96 Å². The van der Waals surface area contributed by atoms with Crippen molar-refractivity contribution in [2.45, 2.75) is 4.90 Å². The molecule has 0 heterocycles. The van der Waals surface area contributed by atoms with Crippen molar-refractivity contribution in [2.75, 3.05) is 0 Å². The zero-order chi connectivity index (χ0) is 10.6. The van der Waals surface area contributed by atoms with Crippen molar-refractivity contribution in [1.82, 2.24) is 0 Å². The number of rotatable bonds is 1. The first-order valence-electron chi connectivity index (χ1n) is 3.81. The third kappa shape index (κ3) is 3.36. The maximum Gasteiger partial charge on any atom is 0.223 e. The molecule has 0 fully saturated rings. The summed E-state index contributed by atoms with van der Waals surface area (Å²) in [5.41, 5.74) is 16.4. The fraction of sp³-hybridized carbons (Fsp3) is 0. The molecule has 0 unspecified atom stereocenters. The summed E-state index contributed by atoms with van der Waals surface area (Å²) in [6.45, 7) is 0. The summed E-state index contributed by atoms with van der Waals surface area (Å²) in [4.78, 5) is 8.38. The Morgan fingerprint density at radius 1 is 1.07 bits per heavy atom. The molecule has 0 radical (unpaired) electrons. The molecule has 6 N–H and O–H groups in total. The van der Waals surface area contributed by atoms with Crippen LogP contribution in [0.5, 0.6) is 0 Å². The lowest BCUT2D eigenvalue weighted by Gasteiger charge is -1.96. The van der Waals surface area contributed by atoms with Crippen LogP contribution >= 0.6 is 12.6 Å². The van der Waals surface area contributed by atoms with E-state index in [1.54, 1.807) is 24.3 Å². The Balaban J connectivity index is 2.87. The highest BCUT2D eigenvalue weighted by Gasteiger charge is 1.92. The molecule has 6 heteroatoms. The molecular weight excluding hydrogens is 198 g/mol. The molecular formula is C8H11N5S. The van der Waals surface area contributed by atoms with Crippen LogP contribution in [0.4, 0.5) is 5.69 Å². The zero-order valence-corrected chi connectivity index (χ0v) is 8.28. The van der Waals surface area contributed by atoms with Gasteiger partial charge in [0, 0.05) is 4.90 Å². The van der Waals surface area contributed by atoms with Gasteiger partial charge in [-0.05, 0) is 24.3 Å². The Bertz CT molecular complexity index is 364. The number of hydrogen-bond donors (Lipinski definition) is 4. The first-order chi connectivity index (χ1) is 6.58. The first-order valence-corrected chi connectivity index (χ1v) is 4.25. The fourth-order valence-electron chi connectivity index (χ4n) is 0.817. The molecule has 0 amide bonds. The van der Waals surface area contributed by atoms with E-state index < -0.39 is 0 Å². The molecule has 0 aliphatic rings. The molecule has 0 atom stereocenters. The van der Waals surface area contributed by atoms with Crippen LogP contribution in [-0.2, 0) is 0 Å². The van der Waals surface area contributed by atoms with Crippen molar-refractivity contribution in [3.8, 4) is 0 Å². The molecule has 5 nitrogen and oxygen atoms in total. The molecule has 0 saturated carbocycles. The highest BCUT2D eigenvalue weighted by atomic mass is 32.1. The van der Waals surface area contributed by atoms with Gasteiger partial charge in [0.1, 0.15) is 0 Å². The van der Waals surface area contributed by atoms with E-state index in [1.807, 2.05) is 0 Å². The Morgan fingerprint density at radius 2 is 1.64 bits per heavy atom. The maximum atomic E-state index is 5.43. The summed E-state index contributed by atoms with van der Waals surface area (Å²) < 4.78 is 0. The topological polar surface area (TPSA) is 103 Å². The van der Waals surface area contributed by atoms with E-state index in [0.717, 1.165) is 4.90 Å². The van der Waals surface area contributed by atoms with Gasteiger partial charge >= 0.3 is 0 Å². The van der Waals surface area contributed by atoms with Crippen LogP contribution in [0.15, 0.2) is 39.1 Å². The van der Waals surface area contributed by atoms with Crippen LogP contribution in [0.1, 0.15) is 0 Å². The molecule has 0 aliphatic carbocycles. The third-order valence-corrected chi connectivity index (χ3v) is 1.64. The number of nitrogens with two attached hydrogens (primary N) is 3. The molecule has 14 heavy (non-hydrogen) atoms. The Kier molecular flexibility index (Phi) is 3.35. The summed E-state index contributed by atoms with van der Waals surface area (Å²) in [5, 5.41) is 0. The number of hydrogen-bond acceptors (Lipinski definition) is 2. The van der Waals surface area contributed by atoms with Crippen LogP contribution in [0.2, 0.25) is 0 Å². The van der Waals surface area contributed by atoms with Gasteiger partial charge in [0.05, 0.1) is 5.69 Å². The van der Waals surface area contributed by atoms with Crippen molar-refractivity contribution < 1.29 is 0 Å². The highest BCUT2D eigenvalue weighted by molar-refractivity contribution is 7.80. The molecule has 74 valence electrons. The van der Waals surface area contributed by atoms with E-state index in [-0.39, 0.29) is 11.9 Å². The van der Waals surface area contributed by atoms with Gasteiger partial charge in [-0.2, -0.15) is 4.99 Å². The van der Waals surface area contributed by atoms with Crippen molar-refractivity contribution in [1.29, 1.82) is 0 Å². The molecule has 1 aromatic carbocycles. The second-order valence-corrected chi connectivity index (χ2v) is 3.04. The molecule has 1 aromatic rings. The Hall–Kier alpha value is -1.69. The van der Waals surface area contributed by atoms with E-state index >= 15 is 0 Å². The molecule has 0 saturated heterocycles. The van der Waals surface area contributed by atoms with Crippen LogP contribution in [0, 0.1) is 0 Å². The highest BCUT2D eigenvalue weighted by Crippen LogP contribution is 2.14. The summed E-state index contributed by atoms with van der Waals surface area (Å²) in [7, 11) is 0.